The summed E-state index contributed by atoms with van der Waals surface area (Å²) in [6.07, 6.45) is 0. The van der Waals surface area contributed by atoms with Crippen molar-refractivity contribution in [3.05, 3.63) is 41.8 Å². The third-order valence-electron chi connectivity index (χ3n) is 2.02. The normalized spacial score (nSPS) is 10.1. The highest BCUT2D eigenvalue weighted by Crippen LogP contribution is 2.20. The van der Waals surface area contributed by atoms with Gasteiger partial charge in [0, 0.05) is 17.8 Å². The zero-order valence-electron chi connectivity index (χ0n) is 9.48. The SMILES string of the molecule is COc1cc(C)nc(Oc2cccc(F)c2)n1. The van der Waals surface area contributed by atoms with Gasteiger partial charge in [-0.15, -0.1) is 0 Å². The fraction of sp³-hybridized carbons (Fsp3) is 0.167. The smallest absolute Gasteiger partial charge is 0.325 e. The second-order valence-corrected chi connectivity index (χ2v) is 3.39. The highest BCUT2D eigenvalue weighted by molar-refractivity contribution is 5.26. The van der Waals surface area contributed by atoms with Crippen molar-refractivity contribution in [1.29, 1.82) is 0 Å². The fourth-order valence-corrected chi connectivity index (χ4v) is 1.30. The topological polar surface area (TPSA) is 44.2 Å². The molecule has 0 bridgehead atoms. The van der Waals surface area contributed by atoms with Crippen LogP contribution in [0.25, 0.3) is 0 Å². The quantitative estimate of drug-likeness (QED) is 0.819. The summed E-state index contributed by atoms with van der Waals surface area (Å²) in [6.45, 7) is 1.79. The third kappa shape index (κ3) is 2.90. The number of aryl methyl sites for hydroxylation is 1. The van der Waals surface area contributed by atoms with Crippen LogP contribution in [-0.2, 0) is 0 Å². The molecule has 17 heavy (non-hydrogen) atoms. The highest BCUT2D eigenvalue weighted by atomic mass is 19.1. The lowest BCUT2D eigenvalue weighted by Gasteiger charge is -2.06. The number of rotatable bonds is 3. The van der Waals surface area contributed by atoms with Gasteiger partial charge in [0.25, 0.3) is 0 Å². The van der Waals surface area contributed by atoms with E-state index in [0.717, 1.165) is 0 Å². The summed E-state index contributed by atoms with van der Waals surface area (Å²) in [7, 11) is 1.51. The Hall–Kier alpha value is -2.17. The summed E-state index contributed by atoms with van der Waals surface area (Å²) in [4.78, 5) is 8.07. The molecule has 5 heteroatoms. The first-order valence-electron chi connectivity index (χ1n) is 5.00. The van der Waals surface area contributed by atoms with Gasteiger partial charge in [-0.2, -0.15) is 9.97 Å². The summed E-state index contributed by atoms with van der Waals surface area (Å²) in [5, 5.41) is 0. The van der Waals surface area contributed by atoms with Gasteiger partial charge in [0.2, 0.25) is 5.88 Å². The van der Waals surface area contributed by atoms with Crippen molar-refractivity contribution in [2.24, 2.45) is 0 Å². The molecule has 0 aliphatic carbocycles. The fourth-order valence-electron chi connectivity index (χ4n) is 1.30. The Bertz CT molecular complexity index is 532. The van der Waals surface area contributed by atoms with Gasteiger partial charge < -0.3 is 9.47 Å². The van der Waals surface area contributed by atoms with E-state index in [9.17, 15) is 4.39 Å². The number of methoxy groups -OCH3 is 1. The van der Waals surface area contributed by atoms with Crippen LogP contribution in [0.2, 0.25) is 0 Å². The molecule has 0 N–H and O–H groups in total. The minimum absolute atomic E-state index is 0.132. The van der Waals surface area contributed by atoms with Crippen LogP contribution in [0.5, 0.6) is 17.6 Å². The lowest BCUT2D eigenvalue weighted by Crippen LogP contribution is -1.97. The number of hydrogen-bond donors (Lipinski definition) is 0. The van der Waals surface area contributed by atoms with Gasteiger partial charge in [0.05, 0.1) is 7.11 Å². The Balaban J connectivity index is 2.26. The number of halogens is 1. The summed E-state index contributed by atoms with van der Waals surface area (Å²) < 4.78 is 23.3. The maximum Gasteiger partial charge on any atom is 0.325 e. The molecule has 0 saturated carbocycles. The average Bonchev–Trinajstić information content (AvgIpc) is 2.28. The zero-order chi connectivity index (χ0) is 12.3. The van der Waals surface area contributed by atoms with E-state index in [4.69, 9.17) is 9.47 Å². The molecule has 0 spiro atoms. The third-order valence-corrected chi connectivity index (χ3v) is 2.02. The molecule has 2 rings (SSSR count). The first kappa shape index (κ1) is 11.3. The van der Waals surface area contributed by atoms with Crippen molar-refractivity contribution in [2.75, 3.05) is 7.11 Å². The molecule has 4 nitrogen and oxygen atoms in total. The molecule has 0 aliphatic heterocycles. The van der Waals surface area contributed by atoms with E-state index < -0.39 is 0 Å². The maximum atomic E-state index is 12.9. The molecule has 0 aliphatic rings. The molecule has 1 heterocycles. The van der Waals surface area contributed by atoms with Crippen molar-refractivity contribution >= 4 is 0 Å². The molecule has 0 fully saturated rings. The van der Waals surface area contributed by atoms with E-state index in [2.05, 4.69) is 9.97 Å². The van der Waals surface area contributed by atoms with Crippen LogP contribution in [0, 0.1) is 12.7 Å². The molecule has 1 aromatic heterocycles. The first-order chi connectivity index (χ1) is 8.17. The van der Waals surface area contributed by atoms with Crippen LogP contribution in [0.4, 0.5) is 4.39 Å². The lowest BCUT2D eigenvalue weighted by molar-refractivity contribution is 0.374. The molecule has 88 valence electrons. The van der Waals surface area contributed by atoms with Crippen LogP contribution in [-0.4, -0.2) is 17.1 Å². The predicted octanol–water partition coefficient (Wildman–Crippen LogP) is 2.73. The average molecular weight is 234 g/mol. The Morgan fingerprint density at radius 2 is 2.00 bits per heavy atom. The van der Waals surface area contributed by atoms with Gasteiger partial charge in [-0.3, -0.25) is 0 Å². The monoisotopic (exact) mass is 234 g/mol. The summed E-state index contributed by atoms with van der Waals surface area (Å²) >= 11 is 0. The van der Waals surface area contributed by atoms with Crippen molar-refractivity contribution < 1.29 is 13.9 Å². The van der Waals surface area contributed by atoms with Crippen molar-refractivity contribution in [1.82, 2.24) is 9.97 Å². The first-order valence-corrected chi connectivity index (χ1v) is 5.00. The van der Waals surface area contributed by atoms with Crippen LogP contribution >= 0.6 is 0 Å². The van der Waals surface area contributed by atoms with Crippen molar-refractivity contribution in [3.8, 4) is 17.6 Å². The largest absolute Gasteiger partial charge is 0.481 e. The summed E-state index contributed by atoms with van der Waals surface area (Å²) in [5.74, 6) is 0.378. The molecule has 0 amide bonds. The predicted molar refractivity (Wildman–Crippen MR) is 59.8 cm³/mol. The second-order valence-electron chi connectivity index (χ2n) is 3.39. The molecular formula is C12H11FN2O2. The summed E-state index contributed by atoms with van der Waals surface area (Å²) in [6, 6.07) is 7.59. The van der Waals surface area contributed by atoms with Crippen LogP contribution < -0.4 is 9.47 Å². The van der Waals surface area contributed by atoms with Crippen LogP contribution in [0.3, 0.4) is 0 Å². The van der Waals surface area contributed by atoms with E-state index in [1.165, 1.54) is 19.2 Å². The van der Waals surface area contributed by atoms with E-state index in [1.54, 1.807) is 25.1 Å². The number of aromatic nitrogens is 2. The van der Waals surface area contributed by atoms with Gasteiger partial charge in [-0.25, -0.2) is 4.39 Å². The number of ether oxygens (including phenoxy) is 2. The molecular weight excluding hydrogens is 223 g/mol. The van der Waals surface area contributed by atoms with Gasteiger partial charge >= 0.3 is 6.01 Å². The zero-order valence-corrected chi connectivity index (χ0v) is 9.48. The Morgan fingerprint density at radius 3 is 2.71 bits per heavy atom. The molecule has 2 aromatic rings. The highest BCUT2D eigenvalue weighted by Gasteiger charge is 2.05. The van der Waals surface area contributed by atoms with Gasteiger partial charge in [-0.1, -0.05) is 6.07 Å². The maximum absolute atomic E-state index is 12.9. The standard InChI is InChI=1S/C12H11FN2O2/c1-8-6-11(16-2)15-12(14-8)17-10-5-3-4-9(13)7-10/h3-7H,1-2H3. The molecule has 1 aromatic carbocycles. The lowest BCUT2D eigenvalue weighted by atomic mass is 10.3. The molecule has 0 radical (unpaired) electrons. The minimum Gasteiger partial charge on any atom is -0.481 e. The van der Waals surface area contributed by atoms with E-state index in [1.807, 2.05) is 0 Å². The number of hydrogen-bond acceptors (Lipinski definition) is 4. The Kier molecular flexibility index (Phi) is 3.18. The van der Waals surface area contributed by atoms with Gasteiger partial charge in [0.15, 0.2) is 0 Å². The van der Waals surface area contributed by atoms with Gasteiger partial charge in [-0.05, 0) is 19.1 Å². The minimum atomic E-state index is -0.373. The van der Waals surface area contributed by atoms with Crippen molar-refractivity contribution in [2.45, 2.75) is 6.92 Å². The summed E-state index contributed by atoms with van der Waals surface area (Å²) in [5.41, 5.74) is 0.711. The second kappa shape index (κ2) is 4.78. The Morgan fingerprint density at radius 1 is 1.18 bits per heavy atom. The van der Waals surface area contributed by atoms with E-state index >= 15 is 0 Å². The number of nitrogens with zero attached hydrogens (tertiary/aromatic N) is 2. The van der Waals surface area contributed by atoms with Crippen molar-refractivity contribution in [3.63, 3.8) is 0 Å². The Labute approximate surface area is 98.1 Å². The van der Waals surface area contributed by atoms with Crippen LogP contribution in [0.15, 0.2) is 30.3 Å². The van der Waals surface area contributed by atoms with Gasteiger partial charge in [0.1, 0.15) is 11.6 Å². The van der Waals surface area contributed by atoms with Crippen LogP contribution in [0.1, 0.15) is 5.69 Å². The molecule has 0 unspecified atom stereocenters. The molecule has 0 saturated heterocycles. The van der Waals surface area contributed by atoms with E-state index in [-0.39, 0.29) is 11.8 Å². The van der Waals surface area contributed by atoms with E-state index in [0.29, 0.717) is 17.3 Å². The molecule has 0 atom stereocenters. The number of benzene rings is 1.